The maximum absolute atomic E-state index is 13.6. The van der Waals surface area contributed by atoms with Gasteiger partial charge in [0.05, 0.1) is 22.9 Å². The monoisotopic (exact) mass is 493 g/mol. The third kappa shape index (κ3) is 4.04. The van der Waals surface area contributed by atoms with E-state index in [4.69, 9.17) is 9.15 Å². The summed E-state index contributed by atoms with van der Waals surface area (Å²) in [4.78, 5) is 13.8. The normalized spacial score (nSPS) is 11.1. The summed E-state index contributed by atoms with van der Waals surface area (Å²) in [5.74, 6) is -12.8. The van der Waals surface area contributed by atoms with Gasteiger partial charge in [-0.05, 0) is 28.1 Å². The molecule has 0 aliphatic rings. The van der Waals surface area contributed by atoms with E-state index in [2.05, 4.69) is 21.0 Å². The van der Waals surface area contributed by atoms with Crippen molar-refractivity contribution in [1.29, 1.82) is 0 Å². The van der Waals surface area contributed by atoms with Crippen molar-refractivity contribution in [1.82, 2.24) is 14.7 Å². The third-order valence-corrected chi connectivity index (χ3v) is 4.81. The Hall–Kier alpha value is -2.89. The minimum absolute atomic E-state index is 0.0580. The van der Waals surface area contributed by atoms with Crippen molar-refractivity contribution in [3.63, 3.8) is 0 Å². The van der Waals surface area contributed by atoms with E-state index in [1.807, 2.05) is 0 Å². The van der Waals surface area contributed by atoms with Gasteiger partial charge in [0, 0.05) is 14.1 Å². The van der Waals surface area contributed by atoms with E-state index in [0.29, 0.717) is 4.47 Å². The van der Waals surface area contributed by atoms with Crippen LogP contribution in [0.1, 0.15) is 22.0 Å². The van der Waals surface area contributed by atoms with E-state index in [1.165, 1.54) is 24.1 Å². The number of ether oxygens (including phenoxy) is 1. The standard InChI is InChI=1S/C18H13BrF5N3O3/c1-26(6-10-9(19)5-25-27(10)2)18(28)11-4-3-8(30-11)7-29-17-15(23)13(21)12(20)14(22)16(17)24/h3-5H,6-7H2,1-2H3. The molecule has 3 aromatic rings. The highest BCUT2D eigenvalue weighted by Gasteiger charge is 2.27. The molecule has 30 heavy (non-hydrogen) atoms. The van der Waals surface area contributed by atoms with Crippen LogP contribution in [0.25, 0.3) is 0 Å². The van der Waals surface area contributed by atoms with Crippen LogP contribution in [0, 0.1) is 29.1 Å². The van der Waals surface area contributed by atoms with E-state index >= 15 is 0 Å². The van der Waals surface area contributed by atoms with Gasteiger partial charge in [-0.25, -0.2) is 13.2 Å². The Bertz CT molecular complexity index is 1070. The lowest BCUT2D eigenvalue weighted by molar-refractivity contribution is 0.0745. The zero-order valence-corrected chi connectivity index (χ0v) is 17.1. The topological polar surface area (TPSA) is 60.5 Å². The van der Waals surface area contributed by atoms with Crippen molar-refractivity contribution in [3.8, 4) is 5.75 Å². The number of aromatic nitrogens is 2. The van der Waals surface area contributed by atoms with Gasteiger partial charge in [-0.15, -0.1) is 0 Å². The zero-order valence-electron chi connectivity index (χ0n) is 15.5. The van der Waals surface area contributed by atoms with Crippen LogP contribution in [0.15, 0.2) is 27.2 Å². The highest BCUT2D eigenvalue weighted by Crippen LogP contribution is 2.30. The molecule has 0 aliphatic heterocycles. The average molecular weight is 494 g/mol. The van der Waals surface area contributed by atoms with Crippen molar-refractivity contribution in [2.24, 2.45) is 7.05 Å². The number of hydrogen-bond donors (Lipinski definition) is 0. The van der Waals surface area contributed by atoms with E-state index < -0.39 is 47.3 Å². The lowest BCUT2D eigenvalue weighted by Crippen LogP contribution is -2.27. The molecule has 0 fully saturated rings. The molecule has 0 saturated carbocycles. The van der Waals surface area contributed by atoms with Crippen molar-refractivity contribution in [2.45, 2.75) is 13.2 Å². The lowest BCUT2D eigenvalue weighted by Gasteiger charge is -2.16. The molecule has 160 valence electrons. The minimum Gasteiger partial charge on any atom is -0.479 e. The molecule has 0 saturated heterocycles. The Morgan fingerprint density at radius 1 is 1.13 bits per heavy atom. The predicted molar refractivity (Wildman–Crippen MR) is 96.0 cm³/mol. The summed E-state index contributed by atoms with van der Waals surface area (Å²) in [5, 5.41) is 4.04. The second-order valence-electron chi connectivity index (χ2n) is 6.18. The Morgan fingerprint density at radius 3 is 2.30 bits per heavy atom. The van der Waals surface area contributed by atoms with Crippen LogP contribution in [-0.4, -0.2) is 27.6 Å². The van der Waals surface area contributed by atoms with Crippen LogP contribution in [-0.2, 0) is 20.2 Å². The number of carbonyl (C=O) groups excluding carboxylic acids is 1. The molecule has 0 N–H and O–H groups in total. The van der Waals surface area contributed by atoms with E-state index in [9.17, 15) is 26.7 Å². The van der Waals surface area contributed by atoms with Crippen molar-refractivity contribution in [2.75, 3.05) is 7.05 Å². The average Bonchev–Trinajstić information content (AvgIpc) is 3.32. The zero-order chi connectivity index (χ0) is 22.2. The van der Waals surface area contributed by atoms with E-state index in [0.717, 1.165) is 5.69 Å². The maximum Gasteiger partial charge on any atom is 0.289 e. The highest BCUT2D eigenvalue weighted by molar-refractivity contribution is 9.10. The fourth-order valence-electron chi connectivity index (χ4n) is 2.52. The van der Waals surface area contributed by atoms with Crippen molar-refractivity contribution in [3.05, 3.63) is 69.1 Å². The number of aryl methyl sites for hydroxylation is 1. The van der Waals surface area contributed by atoms with Crippen LogP contribution < -0.4 is 4.74 Å². The predicted octanol–water partition coefficient (Wildman–Crippen LogP) is 4.32. The Morgan fingerprint density at radius 2 is 1.73 bits per heavy atom. The molecule has 0 aliphatic carbocycles. The Labute approximate surface area is 175 Å². The summed E-state index contributed by atoms with van der Waals surface area (Å²) < 4.78 is 79.1. The van der Waals surface area contributed by atoms with Gasteiger partial charge in [0.15, 0.2) is 11.5 Å². The molecule has 0 atom stereocenters. The molecule has 3 rings (SSSR count). The molecule has 12 heteroatoms. The highest BCUT2D eigenvalue weighted by atomic mass is 79.9. The number of carbonyl (C=O) groups is 1. The summed E-state index contributed by atoms with van der Waals surface area (Å²) in [7, 11) is 3.23. The van der Waals surface area contributed by atoms with Crippen LogP contribution in [0.3, 0.4) is 0 Å². The van der Waals surface area contributed by atoms with Crippen LogP contribution in [0.4, 0.5) is 22.0 Å². The second-order valence-corrected chi connectivity index (χ2v) is 7.03. The second kappa shape index (κ2) is 8.46. The van der Waals surface area contributed by atoms with Gasteiger partial charge in [-0.2, -0.15) is 13.9 Å². The smallest absolute Gasteiger partial charge is 0.289 e. The fraction of sp³-hybridized carbons (Fsp3) is 0.222. The molecule has 0 spiro atoms. The SMILES string of the molecule is CN(Cc1c(Br)cnn1C)C(=O)c1ccc(COc2c(F)c(F)c(F)c(F)c2F)o1. The molecule has 6 nitrogen and oxygen atoms in total. The van der Waals surface area contributed by atoms with Gasteiger partial charge < -0.3 is 14.1 Å². The van der Waals surface area contributed by atoms with E-state index in [1.54, 1.807) is 17.9 Å². The van der Waals surface area contributed by atoms with Gasteiger partial charge in [-0.3, -0.25) is 9.48 Å². The van der Waals surface area contributed by atoms with Crippen molar-refractivity contribution < 1.29 is 35.9 Å². The number of nitrogens with zero attached hydrogens (tertiary/aromatic N) is 3. The largest absolute Gasteiger partial charge is 0.479 e. The number of halogens is 6. The molecule has 0 unspecified atom stereocenters. The van der Waals surface area contributed by atoms with E-state index in [-0.39, 0.29) is 18.1 Å². The molecule has 2 heterocycles. The molecule has 0 bridgehead atoms. The van der Waals surface area contributed by atoms with Gasteiger partial charge >= 0.3 is 0 Å². The minimum atomic E-state index is -2.29. The first-order valence-corrected chi connectivity index (χ1v) is 9.05. The summed E-state index contributed by atoms with van der Waals surface area (Å²) in [6.07, 6.45) is 1.58. The fourth-order valence-corrected chi connectivity index (χ4v) is 3.00. The Kier molecular flexibility index (Phi) is 6.15. The summed E-state index contributed by atoms with van der Waals surface area (Å²) >= 11 is 3.32. The molecule has 0 radical (unpaired) electrons. The maximum atomic E-state index is 13.6. The quantitative estimate of drug-likeness (QED) is 0.291. The van der Waals surface area contributed by atoms with Gasteiger partial charge in [0.2, 0.25) is 29.1 Å². The van der Waals surface area contributed by atoms with Crippen LogP contribution in [0.2, 0.25) is 0 Å². The third-order valence-electron chi connectivity index (χ3n) is 4.14. The first-order valence-electron chi connectivity index (χ1n) is 8.26. The number of amides is 1. The summed E-state index contributed by atoms with van der Waals surface area (Å²) in [6.45, 7) is -0.463. The number of benzene rings is 1. The lowest BCUT2D eigenvalue weighted by atomic mass is 10.2. The summed E-state index contributed by atoms with van der Waals surface area (Å²) in [5.41, 5.74) is 0.729. The molecule has 2 aromatic heterocycles. The van der Waals surface area contributed by atoms with Gasteiger partial charge in [-0.1, -0.05) is 0 Å². The van der Waals surface area contributed by atoms with Crippen LogP contribution in [0.5, 0.6) is 5.75 Å². The molecule has 1 amide bonds. The van der Waals surface area contributed by atoms with Gasteiger partial charge in [0.25, 0.3) is 5.91 Å². The first kappa shape index (κ1) is 21.8. The molecular weight excluding hydrogens is 481 g/mol. The number of rotatable bonds is 6. The van der Waals surface area contributed by atoms with Crippen LogP contribution >= 0.6 is 15.9 Å². The molecular formula is C18H13BrF5N3O3. The van der Waals surface area contributed by atoms with Gasteiger partial charge in [0.1, 0.15) is 12.4 Å². The summed E-state index contributed by atoms with van der Waals surface area (Å²) in [6, 6.07) is 2.58. The Balaban J connectivity index is 1.71. The number of furan rings is 1. The molecule has 1 aromatic carbocycles. The first-order chi connectivity index (χ1) is 14.1. The van der Waals surface area contributed by atoms with Crippen molar-refractivity contribution >= 4 is 21.8 Å². The number of hydrogen-bond acceptors (Lipinski definition) is 4.